The van der Waals surface area contributed by atoms with E-state index in [2.05, 4.69) is 5.32 Å². The number of rotatable bonds is 6. The number of anilines is 1. The Labute approximate surface area is 102 Å². The third-order valence-corrected chi connectivity index (χ3v) is 2.51. The Morgan fingerprint density at radius 1 is 1.41 bits per heavy atom. The lowest BCUT2D eigenvalue weighted by atomic mass is 10.1. The van der Waals surface area contributed by atoms with E-state index in [0.29, 0.717) is 19.6 Å². The van der Waals surface area contributed by atoms with Crippen LogP contribution in [-0.2, 0) is 16.1 Å². The predicted octanol–water partition coefficient (Wildman–Crippen LogP) is 1.90. The van der Waals surface area contributed by atoms with Crippen LogP contribution in [0.1, 0.15) is 25.8 Å². The fraction of sp³-hybridized carbons (Fsp3) is 0.462. The van der Waals surface area contributed by atoms with Gasteiger partial charge in [0.1, 0.15) is 0 Å². The molecule has 1 aromatic carbocycles. The molecule has 0 aliphatic carbocycles. The van der Waals surface area contributed by atoms with Gasteiger partial charge in [0.2, 0.25) is 5.91 Å². The van der Waals surface area contributed by atoms with Gasteiger partial charge in [-0.05, 0) is 19.4 Å². The van der Waals surface area contributed by atoms with Gasteiger partial charge in [-0.2, -0.15) is 0 Å². The molecule has 0 aromatic heterocycles. The number of para-hydroxylation sites is 1. The first kappa shape index (κ1) is 13.7. The van der Waals surface area contributed by atoms with Crippen molar-refractivity contribution in [1.29, 1.82) is 0 Å². The Morgan fingerprint density at radius 3 is 2.76 bits per heavy atom. The molecule has 17 heavy (non-hydrogen) atoms. The van der Waals surface area contributed by atoms with E-state index in [-0.39, 0.29) is 5.91 Å². The van der Waals surface area contributed by atoms with E-state index >= 15 is 0 Å². The summed E-state index contributed by atoms with van der Waals surface area (Å²) in [5.74, 6) is -0.156. The minimum Gasteiger partial charge on any atom is -0.377 e. The molecule has 0 spiro atoms. The Morgan fingerprint density at radius 2 is 2.12 bits per heavy atom. The van der Waals surface area contributed by atoms with E-state index in [1.54, 1.807) is 0 Å². The van der Waals surface area contributed by atoms with Gasteiger partial charge in [0, 0.05) is 17.9 Å². The zero-order valence-electron chi connectivity index (χ0n) is 10.4. The van der Waals surface area contributed by atoms with Crippen LogP contribution in [0.2, 0.25) is 0 Å². The summed E-state index contributed by atoms with van der Waals surface area (Å²) < 4.78 is 5.35. The van der Waals surface area contributed by atoms with Gasteiger partial charge in [-0.25, -0.2) is 0 Å². The Bertz CT molecular complexity index is 366. The highest BCUT2D eigenvalue weighted by Crippen LogP contribution is 2.16. The molecule has 1 amide bonds. The van der Waals surface area contributed by atoms with Crippen LogP contribution in [0.25, 0.3) is 0 Å². The minimum atomic E-state index is -0.463. The van der Waals surface area contributed by atoms with Crippen molar-refractivity contribution in [2.24, 2.45) is 5.73 Å². The van der Waals surface area contributed by atoms with Crippen molar-refractivity contribution in [3.8, 4) is 0 Å². The molecule has 0 saturated carbocycles. The van der Waals surface area contributed by atoms with Crippen molar-refractivity contribution >= 4 is 11.6 Å². The molecule has 0 unspecified atom stereocenters. The molecule has 1 rings (SSSR count). The lowest BCUT2D eigenvalue weighted by Crippen LogP contribution is -2.35. The molecule has 0 radical (unpaired) electrons. The maximum absolute atomic E-state index is 11.7. The molecule has 4 nitrogen and oxygen atoms in total. The molecule has 94 valence electrons. The smallest absolute Gasteiger partial charge is 0.241 e. The van der Waals surface area contributed by atoms with Crippen LogP contribution in [0.3, 0.4) is 0 Å². The maximum atomic E-state index is 11.7. The van der Waals surface area contributed by atoms with E-state index in [0.717, 1.165) is 11.3 Å². The quantitative estimate of drug-likeness (QED) is 0.793. The van der Waals surface area contributed by atoms with Crippen LogP contribution in [0, 0.1) is 0 Å². The molecule has 1 aromatic rings. The third kappa shape index (κ3) is 4.17. The first-order valence-electron chi connectivity index (χ1n) is 5.91. The standard InChI is InChI=1S/C13H20N2O2/c1-3-11(14)13(16)15-12-8-6-5-7-10(12)9-17-4-2/h5-8,11H,3-4,9,14H2,1-2H3,(H,15,16)/t11-/m0/s1. The molecule has 0 bridgehead atoms. The zero-order valence-corrected chi connectivity index (χ0v) is 10.4. The summed E-state index contributed by atoms with van der Waals surface area (Å²) in [5.41, 5.74) is 7.41. The van der Waals surface area contributed by atoms with E-state index in [1.807, 2.05) is 38.1 Å². The summed E-state index contributed by atoms with van der Waals surface area (Å²) in [6.45, 7) is 4.97. The summed E-state index contributed by atoms with van der Waals surface area (Å²) in [7, 11) is 0. The maximum Gasteiger partial charge on any atom is 0.241 e. The second-order valence-electron chi connectivity index (χ2n) is 3.80. The Balaban J connectivity index is 2.72. The van der Waals surface area contributed by atoms with Crippen LogP contribution < -0.4 is 11.1 Å². The fourth-order valence-electron chi connectivity index (χ4n) is 1.39. The molecule has 0 aliphatic heterocycles. The number of benzene rings is 1. The van der Waals surface area contributed by atoms with Gasteiger partial charge in [-0.15, -0.1) is 0 Å². The molecule has 0 heterocycles. The van der Waals surface area contributed by atoms with E-state index in [9.17, 15) is 4.79 Å². The lowest BCUT2D eigenvalue weighted by Gasteiger charge is -2.13. The number of nitrogens with two attached hydrogens (primary N) is 1. The van der Waals surface area contributed by atoms with Gasteiger partial charge in [0.25, 0.3) is 0 Å². The first-order valence-corrected chi connectivity index (χ1v) is 5.91. The summed E-state index contributed by atoms with van der Waals surface area (Å²) in [6.07, 6.45) is 0.624. The monoisotopic (exact) mass is 236 g/mol. The minimum absolute atomic E-state index is 0.156. The molecule has 0 aliphatic rings. The molecule has 0 saturated heterocycles. The number of carbonyl (C=O) groups is 1. The molecular formula is C13H20N2O2. The first-order chi connectivity index (χ1) is 8.19. The molecule has 1 atom stereocenters. The second kappa shape index (κ2) is 7.04. The van der Waals surface area contributed by atoms with Gasteiger partial charge in [-0.1, -0.05) is 25.1 Å². The highest BCUT2D eigenvalue weighted by molar-refractivity contribution is 5.95. The molecule has 3 N–H and O–H groups in total. The summed E-state index contributed by atoms with van der Waals surface area (Å²) in [5, 5.41) is 2.83. The van der Waals surface area contributed by atoms with Crippen LogP contribution in [0.5, 0.6) is 0 Å². The van der Waals surface area contributed by atoms with Crippen LogP contribution in [0.15, 0.2) is 24.3 Å². The number of ether oxygens (including phenoxy) is 1. The van der Waals surface area contributed by atoms with Crippen molar-refractivity contribution in [3.63, 3.8) is 0 Å². The fourth-order valence-corrected chi connectivity index (χ4v) is 1.39. The Hall–Kier alpha value is -1.39. The topological polar surface area (TPSA) is 64.3 Å². The van der Waals surface area contributed by atoms with Crippen LogP contribution in [0.4, 0.5) is 5.69 Å². The summed E-state index contributed by atoms with van der Waals surface area (Å²) in [4.78, 5) is 11.7. The van der Waals surface area contributed by atoms with Gasteiger partial charge in [0.05, 0.1) is 12.6 Å². The second-order valence-corrected chi connectivity index (χ2v) is 3.80. The number of carbonyl (C=O) groups excluding carboxylic acids is 1. The summed E-state index contributed by atoms with van der Waals surface area (Å²) in [6, 6.07) is 7.12. The molecule has 4 heteroatoms. The molecular weight excluding hydrogens is 216 g/mol. The number of amides is 1. The van der Waals surface area contributed by atoms with E-state index in [4.69, 9.17) is 10.5 Å². The number of nitrogens with one attached hydrogen (secondary N) is 1. The van der Waals surface area contributed by atoms with Crippen LogP contribution in [-0.4, -0.2) is 18.6 Å². The highest BCUT2D eigenvalue weighted by Gasteiger charge is 2.12. The van der Waals surface area contributed by atoms with Gasteiger partial charge >= 0.3 is 0 Å². The molecule has 0 fully saturated rings. The average Bonchev–Trinajstić information content (AvgIpc) is 2.36. The van der Waals surface area contributed by atoms with Crippen molar-refractivity contribution in [3.05, 3.63) is 29.8 Å². The lowest BCUT2D eigenvalue weighted by molar-refractivity contribution is -0.117. The van der Waals surface area contributed by atoms with Crippen molar-refractivity contribution in [1.82, 2.24) is 0 Å². The number of hydrogen-bond acceptors (Lipinski definition) is 3. The van der Waals surface area contributed by atoms with Crippen molar-refractivity contribution < 1.29 is 9.53 Å². The summed E-state index contributed by atoms with van der Waals surface area (Å²) >= 11 is 0. The van der Waals surface area contributed by atoms with Crippen LogP contribution >= 0.6 is 0 Å². The Kier molecular flexibility index (Phi) is 5.66. The van der Waals surface area contributed by atoms with Crippen molar-refractivity contribution in [2.75, 3.05) is 11.9 Å². The van der Waals surface area contributed by atoms with Crippen molar-refractivity contribution in [2.45, 2.75) is 32.9 Å². The van der Waals surface area contributed by atoms with Gasteiger partial charge in [-0.3, -0.25) is 4.79 Å². The zero-order chi connectivity index (χ0) is 12.7. The average molecular weight is 236 g/mol. The van der Waals surface area contributed by atoms with Gasteiger partial charge < -0.3 is 15.8 Å². The normalized spacial score (nSPS) is 12.2. The number of hydrogen-bond donors (Lipinski definition) is 2. The predicted molar refractivity (Wildman–Crippen MR) is 68.7 cm³/mol. The SMILES string of the molecule is CCOCc1ccccc1NC(=O)[C@@H](N)CC. The third-order valence-electron chi connectivity index (χ3n) is 2.51. The highest BCUT2D eigenvalue weighted by atomic mass is 16.5. The largest absolute Gasteiger partial charge is 0.377 e. The van der Waals surface area contributed by atoms with E-state index < -0.39 is 6.04 Å². The van der Waals surface area contributed by atoms with E-state index in [1.165, 1.54) is 0 Å². The van der Waals surface area contributed by atoms with Gasteiger partial charge in [0.15, 0.2) is 0 Å².